The molecule has 0 aliphatic heterocycles. The molecule has 0 aliphatic carbocycles. The van der Waals surface area contributed by atoms with E-state index in [-0.39, 0.29) is 23.1 Å². The summed E-state index contributed by atoms with van der Waals surface area (Å²) >= 11 is 0. The molecule has 9 nitrogen and oxygen atoms in total. The average Bonchev–Trinajstić information content (AvgIpc) is 3.05. The van der Waals surface area contributed by atoms with Gasteiger partial charge in [-0.1, -0.05) is 49.6 Å². The molecule has 4 aromatic rings. The highest BCUT2D eigenvalue weighted by molar-refractivity contribution is 6.48. The molecule has 0 aliphatic rings. The predicted octanol–water partition coefficient (Wildman–Crippen LogP) is 7.13. The number of aliphatic imine (C=N–C) groups is 1. The summed E-state index contributed by atoms with van der Waals surface area (Å²) in [5.74, 6) is -0.386. The third-order valence-corrected chi connectivity index (χ3v) is 8.08. The molecule has 1 amide bonds. The molecular formula is C37H45N5O4. The fourth-order valence-electron chi connectivity index (χ4n) is 5.26. The van der Waals surface area contributed by atoms with Gasteiger partial charge >= 0.3 is 5.97 Å². The van der Waals surface area contributed by atoms with Gasteiger partial charge in [-0.25, -0.2) is 9.98 Å². The number of hydrogen-bond acceptors (Lipinski definition) is 7. The lowest BCUT2D eigenvalue weighted by Gasteiger charge is -2.18. The van der Waals surface area contributed by atoms with Gasteiger partial charge in [0.15, 0.2) is 11.5 Å². The molecule has 4 rings (SSSR count). The summed E-state index contributed by atoms with van der Waals surface area (Å²) in [5.41, 5.74) is 4.50. The Morgan fingerprint density at radius 3 is 2.37 bits per heavy atom. The Bertz CT molecular complexity index is 1760. The zero-order chi connectivity index (χ0) is 33.1. The highest BCUT2D eigenvalue weighted by atomic mass is 16.5. The van der Waals surface area contributed by atoms with Crippen molar-refractivity contribution in [1.29, 1.82) is 0 Å². The number of esters is 1. The van der Waals surface area contributed by atoms with E-state index in [0.717, 1.165) is 49.0 Å². The first-order valence-electron chi connectivity index (χ1n) is 16.2. The van der Waals surface area contributed by atoms with E-state index in [9.17, 15) is 14.4 Å². The number of fused-ring (bicyclic) bond motifs is 1. The van der Waals surface area contributed by atoms with Crippen molar-refractivity contribution in [3.63, 3.8) is 0 Å². The fourth-order valence-corrected chi connectivity index (χ4v) is 5.26. The number of aryl methyl sites for hydroxylation is 2. The second-order valence-electron chi connectivity index (χ2n) is 11.4. The maximum absolute atomic E-state index is 14.1. The predicted molar refractivity (Wildman–Crippen MR) is 186 cm³/mol. The molecule has 0 radical (unpaired) electrons. The summed E-state index contributed by atoms with van der Waals surface area (Å²) in [7, 11) is 2.02. The Kier molecular flexibility index (Phi) is 12.2. The minimum absolute atomic E-state index is 0.0697. The van der Waals surface area contributed by atoms with Crippen molar-refractivity contribution in [2.45, 2.75) is 72.8 Å². The third-order valence-electron chi connectivity index (χ3n) is 8.08. The van der Waals surface area contributed by atoms with Crippen molar-refractivity contribution >= 4 is 45.6 Å². The van der Waals surface area contributed by atoms with Gasteiger partial charge in [-0.3, -0.25) is 19.0 Å². The van der Waals surface area contributed by atoms with Crippen LogP contribution in [0.5, 0.6) is 0 Å². The topological polar surface area (TPSA) is 106 Å². The number of anilines is 2. The second kappa shape index (κ2) is 16.5. The lowest BCUT2D eigenvalue weighted by Crippen LogP contribution is -2.34. The first kappa shape index (κ1) is 34.1. The molecule has 1 N–H and O–H groups in total. The van der Waals surface area contributed by atoms with Crippen LogP contribution in [0.3, 0.4) is 0 Å². The SMILES string of the molecule is CCOC(=O)CCCCCCCn1c(C(=Nc2ccc(N(C)CC)cc2C)C(=O)Nc2ccccc2C)nc2ccccc2c1=O. The highest BCUT2D eigenvalue weighted by Gasteiger charge is 2.23. The zero-order valence-corrected chi connectivity index (χ0v) is 27.6. The lowest BCUT2D eigenvalue weighted by atomic mass is 10.1. The van der Waals surface area contributed by atoms with Gasteiger partial charge in [-0.05, 0) is 88.1 Å². The number of rotatable bonds is 15. The number of para-hydroxylation sites is 2. The third kappa shape index (κ3) is 8.68. The van der Waals surface area contributed by atoms with Crippen LogP contribution in [0.2, 0.25) is 0 Å². The Morgan fingerprint density at radius 2 is 1.63 bits per heavy atom. The fraction of sp³-hybridized carbons (Fsp3) is 0.378. The van der Waals surface area contributed by atoms with Gasteiger partial charge in [-0.15, -0.1) is 0 Å². The number of unbranched alkanes of at least 4 members (excludes halogenated alkanes) is 4. The van der Waals surface area contributed by atoms with Gasteiger partial charge in [0.25, 0.3) is 11.5 Å². The number of aromatic nitrogens is 2. The number of hydrogen-bond donors (Lipinski definition) is 1. The molecule has 1 aromatic heterocycles. The molecule has 0 saturated heterocycles. The number of carbonyl (C=O) groups is 2. The van der Waals surface area contributed by atoms with E-state index < -0.39 is 5.91 Å². The quantitative estimate of drug-likeness (QED) is 0.0858. The smallest absolute Gasteiger partial charge is 0.305 e. The van der Waals surface area contributed by atoms with E-state index in [1.807, 2.05) is 75.5 Å². The summed E-state index contributed by atoms with van der Waals surface area (Å²) < 4.78 is 6.60. The maximum Gasteiger partial charge on any atom is 0.305 e. The van der Waals surface area contributed by atoms with Crippen LogP contribution in [0.4, 0.5) is 17.1 Å². The molecule has 1 heterocycles. The van der Waals surface area contributed by atoms with Crippen LogP contribution in [0.25, 0.3) is 10.9 Å². The average molecular weight is 624 g/mol. The van der Waals surface area contributed by atoms with Crippen molar-refractivity contribution in [3.8, 4) is 0 Å². The van der Waals surface area contributed by atoms with E-state index in [1.165, 1.54) is 0 Å². The van der Waals surface area contributed by atoms with E-state index in [1.54, 1.807) is 23.6 Å². The van der Waals surface area contributed by atoms with Crippen LogP contribution in [0.15, 0.2) is 76.5 Å². The summed E-state index contributed by atoms with van der Waals surface area (Å²) in [4.78, 5) is 51.6. The van der Waals surface area contributed by atoms with Gasteiger partial charge in [-0.2, -0.15) is 0 Å². The van der Waals surface area contributed by atoms with Crippen molar-refractivity contribution in [1.82, 2.24) is 9.55 Å². The monoisotopic (exact) mass is 623 g/mol. The molecule has 0 saturated carbocycles. The maximum atomic E-state index is 14.1. The van der Waals surface area contributed by atoms with Crippen molar-refractivity contribution in [2.75, 3.05) is 30.4 Å². The summed E-state index contributed by atoms with van der Waals surface area (Å²) in [6.07, 6.45) is 4.55. The number of ether oxygens (including phenoxy) is 1. The van der Waals surface area contributed by atoms with Crippen LogP contribution in [-0.4, -0.2) is 47.3 Å². The molecule has 0 atom stereocenters. The van der Waals surface area contributed by atoms with Gasteiger partial charge in [0, 0.05) is 37.9 Å². The molecule has 3 aromatic carbocycles. The largest absolute Gasteiger partial charge is 0.466 e. The van der Waals surface area contributed by atoms with E-state index in [2.05, 4.69) is 17.1 Å². The minimum Gasteiger partial charge on any atom is -0.466 e. The number of carbonyl (C=O) groups excluding carboxylic acids is 2. The number of nitrogens with zero attached hydrogens (tertiary/aromatic N) is 4. The molecule has 0 spiro atoms. The molecule has 0 fully saturated rings. The Hall–Kier alpha value is -4.79. The Morgan fingerprint density at radius 1 is 0.913 bits per heavy atom. The van der Waals surface area contributed by atoms with E-state index in [4.69, 9.17) is 14.7 Å². The zero-order valence-electron chi connectivity index (χ0n) is 27.6. The van der Waals surface area contributed by atoms with Crippen LogP contribution < -0.4 is 15.8 Å². The van der Waals surface area contributed by atoms with E-state index in [0.29, 0.717) is 48.3 Å². The summed E-state index contributed by atoms with van der Waals surface area (Å²) in [6.45, 7) is 9.41. The molecule has 242 valence electrons. The van der Waals surface area contributed by atoms with Crippen molar-refractivity contribution < 1.29 is 14.3 Å². The molecule has 0 bridgehead atoms. The summed E-state index contributed by atoms with van der Waals surface area (Å²) in [6, 6.07) is 20.7. The van der Waals surface area contributed by atoms with Crippen LogP contribution in [0, 0.1) is 13.8 Å². The van der Waals surface area contributed by atoms with Gasteiger partial charge < -0.3 is 15.0 Å². The van der Waals surface area contributed by atoms with Crippen molar-refractivity contribution in [3.05, 3.63) is 94.0 Å². The van der Waals surface area contributed by atoms with Crippen LogP contribution in [-0.2, 0) is 20.9 Å². The van der Waals surface area contributed by atoms with Gasteiger partial charge in [0.1, 0.15) is 0 Å². The van der Waals surface area contributed by atoms with E-state index >= 15 is 0 Å². The summed E-state index contributed by atoms with van der Waals surface area (Å²) in [5, 5.41) is 3.51. The Balaban J connectivity index is 1.72. The highest BCUT2D eigenvalue weighted by Crippen LogP contribution is 2.26. The number of benzene rings is 3. The Labute approximate surface area is 271 Å². The van der Waals surface area contributed by atoms with Crippen LogP contribution >= 0.6 is 0 Å². The van der Waals surface area contributed by atoms with Gasteiger partial charge in [0.2, 0.25) is 0 Å². The standard InChI is InChI=1S/C37H45N5O4/c1-6-41(5)28-22-23-31(27(4)25-28)38-34(36(44)40-30-19-14-12-17-26(30)3)35-39-32-20-15-13-18-29(32)37(45)42(35)24-16-10-8-9-11-21-33(43)46-7-2/h12-15,17-20,22-23,25H,6-11,16,21,24H2,1-5H3,(H,40,44). The molecule has 9 heteroatoms. The molecular weight excluding hydrogens is 578 g/mol. The first-order chi connectivity index (χ1) is 22.2. The van der Waals surface area contributed by atoms with Crippen LogP contribution in [0.1, 0.15) is 69.3 Å². The minimum atomic E-state index is -0.446. The second-order valence-corrected chi connectivity index (χ2v) is 11.4. The normalized spacial score (nSPS) is 11.5. The van der Waals surface area contributed by atoms with Crippen molar-refractivity contribution in [2.24, 2.45) is 4.99 Å². The molecule has 0 unspecified atom stereocenters. The number of nitrogens with one attached hydrogen (secondary N) is 1. The van der Waals surface area contributed by atoms with Gasteiger partial charge in [0.05, 0.1) is 23.2 Å². The number of amides is 1. The first-order valence-corrected chi connectivity index (χ1v) is 16.2. The lowest BCUT2D eigenvalue weighted by molar-refractivity contribution is -0.143. The molecule has 46 heavy (non-hydrogen) atoms.